The van der Waals surface area contributed by atoms with E-state index in [1.807, 2.05) is 17.7 Å². The Hall–Kier alpha value is -1.62. The van der Waals surface area contributed by atoms with E-state index in [1.165, 1.54) is 6.07 Å². The molecule has 3 nitrogen and oxygen atoms in total. The summed E-state index contributed by atoms with van der Waals surface area (Å²) < 4.78 is 16.1. The zero-order valence-corrected chi connectivity index (χ0v) is 12.1. The van der Waals surface area contributed by atoms with E-state index < -0.39 is 0 Å². The van der Waals surface area contributed by atoms with Crippen molar-refractivity contribution < 1.29 is 9.18 Å². The first-order valence-electron chi connectivity index (χ1n) is 5.99. The van der Waals surface area contributed by atoms with Crippen LogP contribution in [0.15, 0.2) is 41.0 Å². The van der Waals surface area contributed by atoms with E-state index in [2.05, 4.69) is 21.2 Å². The highest BCUT2D eigenvalue weighted by Gasteiger charge is 2.12. The number of benzene rings is 1. The van der Waals surface area contributed by atoms with Gasteiger partial charge in [0.05, 0.1) is 0 Å². The summed E-state index contributed by atoms with van der Waals surface area (Å²) in [5, 5.41) is 2.72. The van der Waals surface area contributed by atoms with Crippen molar-refractivity contribution in [2.75, 3.05) is 0 Å². The average Bonchev–Trinajstić information content (AvgIpc) is 2.79. The van der Waals surface area contributed by atoms with Crippen LogP contribution in [0.4, 0.5) is 4.39 Å². The maximum atomic E-state index is 13.4. The van der Waals surface area contributed by atoms with E-state index in [4.69, 9.17) is 0 Å². The maximum absolute atomic E-state index is 13.4. The summed E-state index contributed by atoms with van der Waals surface area (Å²) in [7, 11) is 0. The van der Waals surface area contributed by atoms with Crippen LogP contribution < -0.4 is 5.32 Å². The van der Waals surface area contributed by atoms with E-state index >= 15 is 0 Å². The minimum absolute atomic E-state index is 0.179. The number of hydrogen-bond donors (Lipinski definition) is 1. The minimum Gasteiger partial charge on any atom is -0.347 e. The number of hydrogen-bond acceptors (Lipinski definition) is 1. The van der Waals surface area contributed by atoms with Gasteiger partial charge in [-0.05, 0) is 35.0 Å². The number of nitrogens with zero attached hydrogens (tertiary/aromatic N) is 1. The molecule has 0 aliphatic heterocycles. The number of aryl methyl sites for hydroxylation is 1. The molecule has 0 fully saturated rings. The van der Waals surface area contributed by atoms with Crippen LogP contribution in [0, 0.1) is 5.82 Å². The molecule has 1 aromatic carbocycles. The predicted octanol–water partition coefficient (Wildman–Crippen LogP) is 3.34. The number of rotatable bonds is 4. The molecule has 0 aliphatic carbocycles. The van der Waals surface area contributed by atoms with Crippen LogP contribution in [0.1, 0.15) is 23.0 Å². The van der Waals surface area contributed by atoms with Crippen molar-refractivity contribution in [3.05, 3.63) is 58.1 Å². The van der Waals surface area contributed by atoms with Crippen molar-refractivity contribution in [1.82, 2.24) is 9.88 Å². The van der Waals surface area contributed by atoms with Crippen molar-refractivity contribution in [1.29, 1.82) is 0 Å². The molecule has 1 aromatic heterocycles. The third-order valence-corrected chi connectivity index (χ3v) is 3.27. The molecule has 0 saturated carbocycles. The Bertz CT molecular complexity index is 595. The highest BCUT2D eigenvalue weighted by molar-refractivity contribution is 9.10. The lowest BCUT2D eigenvalue weighted by atomic mass is 10.2. The molecule has 1 heterocycles. The molecule has 0 spiro atoms. The predicted molar refractivity (Wildman–Crippen MR) is 75.4 cm³/mol. The van der Waals surface area contributed by atoms with Crippen LogP contribution in [0.2, 0.25) is 0 Å². The smallest absolute Gasteiger partial charge is 0.268 e. The molecule has 1 N–H and O–H groups in total. The fourth-order valence-electron chi connectivity index (χ4n) is 1.83. The highest BCUT2D eigenvalue weighted by atomic mass is 79.9. The van der Waals surface area contributed by atoms with Crippen LogP contribution in [0.25, 0.3) is 0 Å². The second-order valence-corrected chi connectivity index (χ2v) is 5.02. The average molecular weight is 325 g/mol. The third-order valence-electron chi connectivity index (χ3n) is 2.83. The third kappa shape index (κ3) is 3.23. The van der Waals surface area contributed by atoms with Crippen LogP contribution in [-0.2, 0) is 13.1 Å². The monoisotopic (exact) mass is 324 g/mol. The molecule has 100 valence electrons. The van der Waals surface area contributed by atoms with E-state index in [0.717, 1.165) is 4.47 Å². The first-order valence-corrected chi connectivity index (χ1v) is 6.78. The van der Waals surface area contributed by atoms with E-state index in [0.29, 0.717) is 17.8 Å². The van der Waals surface area contributed by atoms with Gasteiger partial charge in [0.25, 0.3) is 5.91 Å². The maximum Gasteiger partial charge on any atom is 0.268 e. The number of nitrogens with one attached hydrogen (secondary N) is 1. The standard InChI is InChI=1S/C14H14BrFN2O/c1-2-18-9-11(15)7-13(18)14(19)17-8-10-5-3-4-6-12(10)16/h3-7,9H,2,8H2,1H3,(H,17,19). The summed E-state index contributed by atoms with van der Waals surface area (Å²) in [6.07, 6.45) is 1.85. The molecule has 0 unspecified atom stereocenters. The SMILES string of the molecule is CCn1cc(Br)cc1C(=O)NCc1ccccc1F. The van der Waals surface area contributed by atoms with Gasteiger partial charge < -0.3 is 9.88 Å². The molecule has 19 heavy (non-hydrogen) atoms. The second-order valence-electron chi connectivity index (χ2n) is 4.10. The molecule has 0 aliphatic rings. The van der Waals surface area contributed by atoms with Gasteiger partial charge in [0, 0.05) is 29.3 Å². The molecular formula is C14H14BrFN2O. The van der Waals surface area contributed by atoms with Gasteiger partial charge in [0.15, 0.2) is 0 Å². The molecular weight excluding hydrogens is 311 g/mol. The summed E-state index contributed by atoms with van der Waals surface area (Å²) >= 11 is 3.34. The molecule has 1 amide bonds. The van der Waals surface area contributed by atoms with Gasteiger partial charge in [0.2, 0.25) is 0 Å². The van der Waals surface area contributed by atoms with E-state index in [9.17, 15) is 9.18 Å². The minimum atomic E-state index is -0.310. The quantitative estimate of drug-likeness (QED) is 0.919. The fraction of sp³-hybridized carbons (Fsp3) is 0.214. The zero-order valence-electron chi connectivity index (χ0n) is 10.5. The Morgan fingerprint density at radius 3 is 2.84 bits per heavy atom. The molecule has 2 aromatic rings. The van der Waals surface area contributed by atoms with Gasteiger partial charge in [-0.3, -0.25) is 4.79 Å². The Kier molecular flexibility index (Phi) is 4.37. The van der Waals surface area contributed by atoms with Crippen LogP contribution in [-0.4, -0.2) is 10.5 Å². The summed E-state index contributed by atoms with van der Waals surface area (Å²) in [5.41, 5.74) is 1.04. The zero-order chi connectivity index (χ0) is 13.8. The number of amides is 1. The molecule has 0 saturated heterocycles. The lowest BCUT2D eigenvalue weighted by molar-refractivity contribution is 0.0941. The van der Waals surface area contributed by atoms with Crippen LogP contribution in [0.3, 0.4) is 0 Å². The molecule has 0 bridgehead atoms. The summed E-state index contributed by atoms with van der Waals surface area (Å²) in [6, 6.07) is 8.16. The summed E-state index contributed by atoms with van der Waals surface area (Å²) in [6.45, 7) is 2.84. The number of carbonyl (C=O) groups is 1. The Labute approximate surface area is 119 Å². The van der Waals surface area contributed by atoms with Gasteiger partial charge >= 0.3 is 0 Å². The number of carbonyl (C=O) groups excluding carboxylic acids is 1. The first kappa shape index (κ1) is 13.8. The Morgan fingerprint density at radius 2 is 2.16 bits per heavy atom. The van der Waals surface area contributed by atoms with Gasteiger partial charge in [-0.2, -0.15) is 0 Å². The van der Waals surface area contributed by atoms with Crippen molar-refractivity contribution in [3.8, 4) is 0 Å². The largest absolute Gasteiger partial charge is 0.347 e. The highest BCUT2D eigenvalue weighted by Crippen LogP contribution is 2.15. The second kappa shape index (κ2) is 6.02. The fourth-order valence-corrected chi connectivity index (χ4v) is 2.30. The molecule has 0 atom stereocenters. The Morgan fingerprint density at radius 1 is 1.42 bits per heavy atom. The van der Waals surface area contributed by atoms with E-state index in [1.54, 1.807) is 24.3 Å². The summed E-state index contributed by atoms with van der Waals surface area (Å²) in [4.78, 5) is 12.0. The summed E-state index contributed by atoms with van der Waals surface area (Å²) in [5.74, 6) is -0.523. The van der Waals surface area contributed by atoms with Crippen LogP contribution >= 0.6 is 15.9 Å². The van der Waals surface area contributed by atoms with Crippen molar-refractivity contribution in [2.45, 2.75) is 20.0 Å². The first-order chi connectivity index (χ1) is 9.11. The van der Waals surface area contributed by atoms with Crippen molar-refractivity contribution >= 4 is 21.8 Å². The lowest BCUT2D eigenvalue weighted by Crippen LogP contribution is -2.25. The van der Waals surface area contributed by atoms with Gasteiger partial charge in [0.1, 0.15) is 11.5 Å². The molecule has 0 radical (unpaired) electrons. The van der Waals surface area contributed by atoms with E-state index in [-0.39, 0.29) is 18.3 Å². The van der Waals surface area contributed by atoms with Crippen molar-refractivity contribution in [3.63, 3.8) is 0 Å². The number of aromatic nitrogens is 1. The topological polar surface area (TPSA) is 34.0 Å². The Balaban J connectivity index is 2.07. The number of halogens is 2. The lowest BCUT2D eigenvalue weighted by Gasteiger charge is -2.08. The van der Waals surface area contributed by atoms with Gasteiger partial charge in [-0.25, -0.2) is 4.39 Å². The molecule has 5 heteroatoms. The van der Waals surface area contributed by atoms with Crippen molar-refractivity contribution in [2.24, 2.45) is 0 Å². The van der Waals surface area contributed by atoms with Gasteiger partial charge in [-0.15, -0.1) is 0 Å². The molecule has 2 rings (SSSR count). The normalized spacial score (nSPS) is 10.5. The van der Waals surface area contributed by atoms with Gasteiger partial charge in [-0.1, -0.05) is 18.2 Å². The van der Waals surface area contributed by atoms with Crippen LogP contribution in [0.5, 0.6) is 0 Å².